The van der Waals surface area contributed by atoms with E-state index >= 15 is 0 Å². The summed E-state index contributed by atoms with van der Waals surface area (Å²) in [5, 5.41) is 9.52. The molecule has 1 atom stereocenters. The lowest BCUT2D eigenvalue weighted by Crippen LogP contribution is -2.47. The number of nitrogens with zero attached hydrogens (tertiary/aromatic N) is 1. The Morgan fingerprint density at radius 1 is 1.09 bits per heavy atom. The quantitative estimate of drug-likeness (QED) is 0.439. The van der Waals surface area contributed by atoms with Crippen molar-refractivity contribution in [3.63, 3.8) is 0 Å². The second-order valence-corrected chi connectivity index (χ2v) is 7.72. The highest BCUT2D eigenvalue weighted by molar-refractivity contribution is 7.80. The predicted octanol–water partition coefficient (Wildman–Crippen LogP) is 4.59. The van der Waals surface area contributed by atoms with Crippen LogP contribution >= 0.6 is 12.2 Å². The summed E-state index contributed by atoms with van der Waals surface area (Å²) >= 11 is 5.48. The molecule has 1 unspecified atom stereocenters. The molecule has 1 aliphatic heterocycles. The number of urea groups is 1. The molecular weight excluding hydrogens is 424 g/mol. The summed E-state index contributed by atoms with van der Waals surface area (Å²) in [6.07, 6.45) is 0.826. The highest BCUT2D eigenvalue weighted by Crippen LogP contribution is 2.31. The van der Waals surface area contributed by atoms with Gasteiger partial charge in [-0.15, -0.1) is 0 Å². The van der Waals surface area contributed by atoms with Gasteiger partial charge in [0, 0.05) is 23.6 Å². The summed E-state index contributed by atoms with van der Waals surface area (Å²) in [7, 11) is 1.37. The number of benzene rings is 2. The molecule has 0 aliphatic carbocycles. The number of carbonyl (C=O) groups excluding carboxylic acids is 2. The van der Waals surface area contributed by atoms with E-state index in [-0.39, 0.29) is 6.03 Å². The summed E-state index contributed by atoms with van der Waals surface area (Å²) in [5.74, 6) is -0.405. The number of anilines is 2. The van der Waals surface area contributed by atoms with E-state index in [1.54, 1.807) is 12.1 Å². The Bertz CT molecular complexity index is 1050. The van der Waals surface area contributed by atoms with E-state index in [1.165, 1.54) is 7.11 Å². The first-order chi connectivity index (χ1) is 15.4. The van der Waals surface area contributed by atoms with Gasteiger partial charge in [0.25, 0.3) is 0 Å². The number of allylic oxidation sites excluding steroid dienone is 1. The first-order valence-electron chi connectivity index (χ1n) is 10.5. The summed E-state index contributed by atoms with van der Waals surface area (Å²) in [4.78, 5) is 26.8. The number of esters is 1. The molecule has 7 nitrogen and oxygen atoms in total. The van der Waals surface area contributed by atoms with Gasteiger partial charge in [-0.2, -0.15) is 0 Å². The Morgan fingerprint density at radius 2 is 1.78 bits per heavy atom. The largest absolute Gasteiger partial charge is 0.466 e. The van der Waals surface area contributed by atoms with E-state index < -0.39 is 12.0 Å². The smallest absolute Gasteiger partial charge is 0.337 e. The molecule has 2 aromatic carbocycles. The van der Waals surface area contributed by atoms with Crippen molar-refractivity contribution in [2.45, 2.75) is 33.2 Å². The van der Waals surface area contributed by atoms with Crippen LogP contribution in [0.1, 0.15) is 37.9 Å². The third-order valence-corrected chi connectivity index (χ3v) is 5.80. The number of hydrogen-bond acceptors (Lipinski definition) is 4. The molecule has 0 saturated heterocycles. The lowest BCUT2D eigenvalue weighted by atomic mass is 9.95. The molecule has 3 N–H and O–H groups in total. The zero-order valence-electron chi connectivity index (χ0n) is 18.7. The second kappa shape index (κ2) is 10.3. The average Bonchev–Trinajstić information content (AvgIpc) is 2.79. The number of nitrogens with one attached hydrogen (secondary N) is 3. The minimum Gasteiger partial charge on any atom is -0.466 e. The Hall–Kier alpha value is -3.39. The number of methoxy groups -OCH3 is 1. The standard InChI is InChI=1S/C24H28N4O3S/c1-5-16-9-7-8-10-19(16)26-23(30)25-18-13-11-17(12-14-18)21-20(22(29)31-4)15(3)28(6-2)24(32)27-21/h7-14,21H,5-6H2,1-4H3,(H,27,32)(H2,25,26,30). The van der Waals surface area contributed by atoms with Crippen molar-refractivity contribution < 1.29 is 14.3 Å². The van der Waals surface area contributed by atoms with Gasteiger partial charge in [0.1, 0.15) is 0 Å². The van der Waals surface area contributed by atoms with Gasteiger partial charge in [-0.25, -0.2) is 9.59 Å². The molecule has 1 aliphatic rings. The zero-order valence-corrected chi connectivity index (χ0v) is 19.5. The first-order valence-corrected chi connectivity index (χ1v) is 10.9. The third-order valence-electron chi connectivity index (χ3n) is 5.47. The second-order valence-electron chi connectivity index (χ2n) is 7.33. The summed E-state index contributed by atoms with van der Waals surface area (Å²) in [6.45, 7) is 6.52. The molecule has 0 fully saturated rings. The number of hydrogen-bond donors (Lipinski definition) is 3. The number of para-hydroxylation sites is 1. The molecule has 8 heteroatoms. The fourth-order valence-electron chi connectivity index (χ4n) is 3.78. The van der Waals surface area contributed by atoms with Crippen LogP contribution in [0.5, 0.6) is 0 Å². The highest BCUT2D eigenvalue weighted by atomic mass is 32.1. The van der Waals surface area contributed by atoms with Gasteiger partial charge in [0.15, 0.2) is 5.11 Å². The van der Waals surface area contributed by atoms with Crippen LogP contribution in [0.4, 0.5) is 16.2 Å². The predicted molar refractivity (Wildman–Crippen MR) is 130 cm³/mol. The Morgan fingerprint density at radius 3 is 2.41 bits per heavy atom. The molecule has 1 heterocycles. The average molecular weight is 453 g/mol. The first kappa shape index (κ1) is 23.3. The fraction of sp³-hybridized carbons (Fsp3) is 0.292. The molecule has 168 valence electrons. The fourth-order valence-corrected chi connectivity index (χ4v) is 4.16. The van der Waals surface area contributed by atoms with Gasteiger partial charge < -0.3 is 25.6 Å². The number of ether oxygens (including phenoxy) is 1. The molecule has 0 aromatic heterocycles. The number of amides is 2. The van der Waals surface area contributed by atoms with Crippen molar-refractivity contribution in [2.75, 3.05) is 24.3 Å². The molecule has 0 saturated carbocycles. The van der Waals surface area contributed by atoms with Gasteiger partial charge >= 0.3 is 12.0 Å². The van der Waals surface area contributed by atoms with E-state index in [9.17, 15) is 9.59 Å². The van der Waals surface area contributed by atoms with Crippen molar-refractivity contribution in [3.05, 3.63) is 70.9 Å². The summed E-state index contributed by atoms with van der Waals surface area (Å²) in [5.41, 5.74) is 4.60. The van der Waals surface area contributed by atoms with Crippen LogP contribution in [-0.4, -0.2) is 35.7 Å². The number of carbonyl (C=O) groups is 2. The highest BCUT2D eigenvalue weighted by Gasteiger charge is 2.33. The van der Waals surface area contributed by atoms with Crippen LogP contribution in [0.2, 0.25) is 0 Å². The van der Waals surface area contributed by atoms with Gasteiger partial charge in [-0.3, -0.25) is 0 Å². The normalized spacial score (nSPS) is 15.8. The van der Waals surface area contributed by atoms with E-state index in [1.807, 2.05) is 62.1 Å². The summed E-state index contributed by atoms with van der Waals surface area (Å²) < 4.78 is 5.02. The zero-order chi connectivity index (χ0) is 23.3. The van der Waals surface area contributed by atoms with Crippen molar-refractivity contribution >= 4 is 40.7 Å². The van der Waals surface area contributed by atoms with Crippen LogP contribution in [0.3, 0.4) is 0 Å². The summed E-state index contributed by atoms with van der Waals surface area (Å²) in [6, 6.07) is 14.2. The minimum absolute atomic E-state index is 0.319. The van der Waals surface area contributed by atoms with Crippen LogP contribution in [0.25, 0.3) is 0 Å². The van der Waals surface area contributed by atoms with Crippen molar-refractivity contribution in [2.24, 2.45) is 0 Å². The molecule has 0 radical (unpaired) electrons. The van der Waals surface area contributed by atoms with Crippen molar-refractivity contribution in [3.8, 4) is 0 Å². The molecule has 0 bridgehead atoms. The molecule has 0 spiro atoms. The van der Waals surface area contributed by atoms with E-state index in [4.69, 9.17) is 17.0 Å². The minimum atomic E-state index is -0.433. The Kier molecular flexibility index (Phi) is 7.48. The van der Waals surface area contributed by atoms with Gasteiger partial charge in [-0.1, -0.05) is 37.3 Å². The van der Waals surface area contributed by atoms with Crippen LogP contribution in [0.15, 0.2) is 59.8 Å². The molecular formula is C24H28N4O3S. The van der Waals surface area contributed by atoms with E-state index in [0.29, 0.717) is 22.9 Å². The third kappa shape index (κ3) is 4.91. The van der Waals surface area contributed by atoms with E-state index in [0.717, 1.165) is 28.9 Å². The topological polar surface area (TPSA) is 82.7 Å². The maximum Gasteiger partial charge on any atom is 0.337 e. The van der Waals surface area contributed by atoms with Gasteiger partial charge in [0.2, 0.25) is 0 Å². The van der Waals surface area contributed by atoms with Crippen LogP contribution in [0, 0.1) is 0 Å². The van der Waals surface area contributed by atoms with E-state index in [2.05, 4.69) is 16.0 Å². The van der Waals surface area contributed by atoms with Crippen molar-refractivity contribution in [1.29, 1.82) is 0 Å². The molecule has 2 aromatic rings. The van der Waals surface area contributed by atoms with Gasteiger partial charge in [-0.05, 0) is 61.8 Å². The lowest BCUT2D eigenvalue weighted by Gasteiger charge is -2.36. The molecule has 32 heavy (non-hydrogen) atoms. The number of aryl methyl sites for hydroxylation is 1. The maximum absolute atomic E-state index is 12.5. The van der Waals surface area contributed by atoms with Crippen LogP contribution in [-0.2, 0) is 16.0 Å². The number of thiocarbonyl (C=S) groups is 1. The van der Waals surface area contributed by atoms with Crippen LogP contribution < -0.4 is 16.0 Å². The monoisotopic (exact) mass is 452 g/mol. The van der Waals surface area contributed by atoms with Crippen molar-refractivity contribution in [1.82, 2.24) is 10.2 Å². The maximum atomic E-state index is 12.5. The molecule has 3 rings (SSSR count). The lowest BCUT2D eigenvalue weighted by molar-refractivity contribution is -0.136. The molecule has 2 amide bonds. The SMILES string of the molecule is CCc1ccccc1NC(=O)Nc1ccc(C2NC(=S)N(CC)C(C)=C2C(=O)OC)cc1. The number of rotatable bonds is 6. The Labute approximate surface area is 193 Å². The van der Waals surface area contributed by atoms with Gasteiger partial charge in [0.05, 0.1) is 18.7 Å². The Balaban J connectivity index is 1.78.